The molecule has 2 aliphatic rings. The van der Waals surface area contributed by atoms with Crippen LogP contribution in [0.3, 0.4) is 0 Å². The van der Waals surface area contributed by atoms with Crippen LogP contribution in [0.4, 0.5) is 4.39 Å². The number of benzene rings is 4. The average Bonchev–Trinajstić information content (AvgIpc) is 3.14. The zero-order chi connectivity index (χ0) is 38.7. The van der Waals surface area contributed by atoms with Crippen molar-refractivity contribution in [2.24, 2.45) is 0 Å². The van der Waals surface area contributed by atoms with Crippen molar-refractivity contribution in [2.75, 3.05) is 7.11 Å². The molecule has 54 heavy (non-hydrogen) atoms. The number of carbonyl (C=O) groups is 2. The van der Waals surface area contributed by atoms with Crippen molar-refractivity contribution in [3.05, 3.63) is 129 Å². The Morgan fingerprint density at radius 2 is 1.30 bits per heavy atom. The van der Waals surface area contributed by atoms with Crippen LogP contribution in [0.2, 0.25) is 10.0 Å². The summed E-state index contributed by atoms with van der Waals surface area (Å²) in [5.41, 5.74) is -0.494. The molecule has 4 atom stereocenters. The number of amides is 2. The zero-order valence-corrected chi connectivity index (χ0v) is 31.2. The van der Waals surface area contributed by atoms with Crippen LogP contribution in [0.5, 0.6) is 11.5 Å². The molecule has 2 fully saturated rings. The monoisotopic (exact) mass is 770 g/mol. The number of ether oxygens (including phenoxy) is 1. The van der Waals surface area contributed by atoms with E-state index in [2.05, 4.69) is 34.3 Å². The minimum Gasteiger partial charge on any atom is -0.504 e. The van der Waals surface area contributed by atoms with E-state index in [9.17, 15) is 29.3 Å². The first-order valence-electron chi connectivity index (χ1n) is 17.6. The van der Waals surface area contributed by atoms with Gasteiger partial charge in [0.1, 0.15) is 17.0 Å². The number of aromatic hydroxyl groups is 1. The third-order valence-electron chi connectivity index (χ3n) is 9.21. The molecule has 8 nitrogen and oxygen atoms in total. The molecule has 0 unspecified atom stereocenters. The molecule has 2 amide bonds. The van der Waals surface area contributed by atoms with Gasteiger partial charge >= 0.3 is 0 Å². The van der Waals surface area contributed by atoms with E-state index in [0.717, 1.165) is 36.8 Å². The molecular weight excluding hydrogens is 730 g/mol. The molecule has 0 heterocycles. The Labute approximate surface area is 324 Å². The maximum Gasteiger partial charge on any atom is 0.254 e. The van der Waals surface area contributed by atoms with Gasteiger partial charge in [-0.15, -0.1) is 0 Å². The van der Waals surface area contributed by atoms with Crippen LogP contribution in [0.15, 0.2) is 91.0 Å². The fourth-order valence-electron chi connectivity index (χ4n) is 6.48. The highest BCUT2D eigenvalue weighted by molar-refractivity contribution is 6.31. The summed E-state index contributed by atoms with van der Waals surface area (Å²) in [5, 5.41) is 38.2. The number of rotatable bonds is 5. The lowest BCUT2D eigenvalue weighted by molar-refractivity contribution is 0.0443. The Balaban J connectivity index is 0.000000208. The largest absolute Gasteiger partial charge is 0.504 e. The van der Waals surface area contributed by atoms with Crippen molar-refractivity contribution in [1.82, 2.24) is 10.6 Å². The fraction of sp³-hybridized carbons (Fsp3) is 0.302. The molecule has 0 aromatic heterocycles. The number of methoxy groups -OCH3 is 1. The van der Waals surface area contributed by atoms with Gasteiger partial charge < -0.3 is 30.7 Å². The van der Waals surface area contributed by atoms with Crippen molar-refractivity contribution < 1.29 is 34.0 Å². The first-order valence-corrected chi connectivity index (χ1v) is 18.3. The predicted octanol–water partition coefficient (Wildman–Crippen LogP) is 7.44. The SMILES string of the molecule is COc1cc(C(=O)N[C@H]2CCC[C@@](O)(C#Cc3cccc(Cl)c3)C2)ccc1O.O=C(N[C@H]1CCC[C@@](O)(C#Cc2cccc(Cl)c2)C1)c1ccccc1F. The molecule has 0 radical (unpaired) electrons. The number of nitrogens with one attached hydrogen (secondary N) is 2. The molecule has 6 rings (SSSR count). The molecular formula is C43H41Cl2FN2O6. The highest BCUT2D eigenvalue weighted by Crippen LogP contribution is 2.31. The maximum atomic E-state index is 13.7. The Hall–Kier alpha value is -5.03. The van der Waals surface area contributed by atoms with Gasteiger partial charge in [-0.25, -0.2) is 4.39 Å². The van der Waals surface area contributed by atoms with Crippen LogP contribution in [0.25, 0.3) is 0 Å². The van der Waals surface area contributed by atoms with E-state index in [-0.39, 0.29) is 35.1 Å². The lowest BCUT2D eigenvalue weighted by atomic mass is 9.82. The number of phenolic OH excluding ortho intramolecular Hbond substituents is 1. The van der Waals surface area contributed by atoms with Gasteiger partial charge in [0.15, 0.2) is 11.5 Å². The fourth-order valence-corrected chi connectivity index (χ4v) is 6.86. The highest BCUT2D eigenvalue weighted by Gasteiger charge is 2.35. The molecule has 0 spiro atoms. The second kappa shape index (κ2) is 18.3. The quantitative estimate of drug-likeness (QED) is 0.134. The molecule has 4 aromatic carbocycles. The first-order chi connectivity index (χ1) is 25.8. The van der Waals surface area contributed by atoms with Crippen LogP contribution in [-0.4, -0.2) is 57.5 Å². The van der Waals surface area contributed by atoms with Crippen LogP contribution < -0.4 is 15.4 Å². The second-order valence-corrected chi connectivity index (χ2v) is 14.4. The highest BCUT2D eigenvalue weighted by atomic mass is 35.5. The first kappa shape index (κ1) is 40.2. The molecule has 2 aliphatic carbocycles. The Bertz CT molecular complexity index is 2110. The van der Waals surface area contributed by atoms with Gasteiger partial charge in [0.2, 0.25) is 0 Å². The van der Waals surface area contributed by atoms with Crippen LogP contribution in [0, 0.1) is 29.5 Å². The third-order valence-corrected chi connectivity index (χ3v) is 9.68. The van der Waals surface area contributed by atoms with Gasteiger partial charge in [0, 0.05) is 51.7 Å². The van der Waals surface area contributed by atoms with Crippen LogP contribution in [0.1, 0.15) is 83.2 Å². The summed E-state index contributed by atoms with van der Waals surface area (Å²) in [6.07, 6.45) is 4.71. The van der Waals surface area contributed by atoms with Gasteiger partial charge in [-0.05, 0) is 105 Å². The number of phenols is 1. The minimum absolute atomic E-state index is 0.00613. The summed E-state index contributed by atoms with van der Waals surface area (Å²) < 4.78 is 18.8. The Morgan fingerprint density at radius 3 is 1.81 bits per heavy atom. The van der Waals surface area contributed by atoms with Crippen LogP contribution in [-0.2, 0) is 0 Å². The second-order valence-electron chi connectivity index (χ2n) is 13.5. The van der Waals surface area contributed by atoms with E-state index < -0.39 is 22.9 Å². The van der Waals surface area contributed by atoms with Gasteiger partial charge in [-0.2, -0.15) is 0 Å². The molecule has 0 bridgehead atoms. The topological polar surface area (TPSA) is 128 Å². The predicted molar refractivity (Wildman–Crippen MR) is 207 cm³/mol. The van der Waals surface area contributed by atoms with Gasteiger partial charge in [-0.3, -0.25) is 9.59 Å². The van der Waals surface area contributed by atoms with Crippen molar-refractivity contribution in [2.45, 2.75) is 74.7 Å². The maximum absolute atomic E-state index is 13.7. The molecule has 280 valence electrons. The minimum atomic E-state index is -1.19. The molecule has 0 aliphatic heterocycles. The molecule has 4 aromatic rings. The Kier molecular flexibility index (Phi) is 13.6. The number of carbonyl (C=O) groups excluding carboxylic acids is 2. The average molecular weight is 772 g/mol. The van der Waals surface area contributed by atoms with Crippen molar-refractivity contribution >= 4 is 35.0 Å². The van der Waals surface area contributed by atoms with E-state index in [1.165, 1.54) is 43.5 Å². The molecule has 0 saturated heterocycles. The zero-order valence-electron chi connectivity index (χ0n) is 29.7. The number of halogens is 3. The molecule has 11 heteroatoms. The van der Waals surface area contributed by atoms with Gasteiger partial charge in [0.05, 0.1) is 12.7 Å². The van der Waals surface area contributed by atoms with Crippen molar-refractivity contribution in [3.8, 4) is 35.2 Å². The van der Waals surface area contributed by atoms with Gasteiger partial charge in [0.25, 0.3) is 11.8 Å². The van der Waals surface area contributed by atoms with E-state index in [1.54, 1.807) is 36.4 Å². The standard InChI is InChI=1S/C22H22ClNO4.C21H19ClFNO2/c1-28-20-13-16(7-8-19(20)25)21(26)24-18-6-3-10-22(27,14-18)11-9-15-4-2-5-17(23)12-15;22-16-6-3-5-15(13-16)10-12-21(26)11-4-7-17(14-21)24-20(25)18-8-1-2-9-19(18)23/h2,4-5,7-8,12-13,18,25,27H,3,6,10,14H2,1H3,(H,24,26);1-3,5-6,8-9,13,17,26H,4,7,11,14H2,(H,24,25)/t18-,22+;17-,21+/m00/s1. The number of hydrogen-bond acceptors (Lipinski definition) is 6. The number of aliphatic hydroxyl groups is 2. The summed E-state index contributed by atoms with van der Waals surface area (Å²) in [4.78, 5) is 24.8. The van der Waals surface area contributed by atoms with E-state index in [4.69, 9.17) is 27.9 Å². The van der Waals surface area contributed by atoms with Crippen molar-refractivity contribution in [1.29, 1.82) is 0 Å². The van der Waals surface area contributed by atoms with Crippen LogP contribution >= 0.6 is 23.2 Å². The summed E-state index contributed by atoms with van der Waals surface area (Å²) in [5.74, 6) is 10.7. The van der Waals surface area contributed by atoms with Gasteiger partial charge in [-0.1, -0.05) is 71.1 Å². The van der Waals surface area contributed by atoms with E-state index in [0.29, 0.717) is 41.3 Å². The Morgan fingerprint density at radius 1 is 0.759 bits per heavy atom. The smallest absolute Gasteiger partial charge is 0.254 e. The van der Waals surface area contributed by atoms with E-state index >= 15 is 0 Å². The summed E-state index contributed by atoms with van der Waals surface area (Å²) in [7, 11) is 1.43. The summed E-state index contributed by atoms with van der Waals surface area (Å²) in [6, 6.07) is 24.1. The third kappa shape index (κ3) is 11.5. The summed E-state index contributed by atoms with van der Waals surface area (Å²) in [6.45, 7) is 0. The normalized spacial score (nSPS) is 21.7. The summed E-state index contributed by atoms with van der Waals surface area (Å²) >= 11 is 11.9. The lowest BCUT2D eigenvalue weighted by Gasteiger charge is -2.33. The van der Waals surface area contributed by atoms with Crippen molar-refractivity contribution in [3.63, 3.8) is 0 Å². The lowest BCUT2D eigenvalue weighted by Crippen LogP contribution is -2.45. The number of hydrogen-bond donors (Lipinski definition) is 5. The molecule has 5 N–H and O–H groups in total. The molecule has 2 saturated carbocycles. The van der Waals surface area contributed by atoms with E-state index in [1.807, 2.05) is 18.2 Å².